The lowest BCUT2D eigenvalue weighted by Crippen LogP contribution is -2.54. The van der Waals surface area contributed by atoms with Crippen molar-refractivity contribution in [3.05, 3.63) is 65.0 Å². The monoisotopic (exact) mass is 520 g/mol. The minimum absolute atomic E-state index is 0.0230. The van der Waals surface area contributed by atoms with Crippen LogP contribution in [0.1, 0.15) is 58.9 Å². The van der Waals surface area contributed by atoms with Gasteiger partial charge in [0.05, 0.1) is 23.2 Å². The number of hydrogen-bond donors (Lipinski definition) is 2. The molecule has 3 aliphatic heterocycles. The largest absolute Gasteiger partial charge is 0.371 e. The Kier molecular flexibility index (Phi) is 6.73. The number of imide groups is 2. The summed E-state index contributed by atoms with van der Waals surface area (Å²) in [6.45, 7) is 3.75. The number of nitrogens with one attached hydrogen (secondary N) is 2. The molecule has 2 aromatic rings. The molecule has 38 heavy (non-hydrogen) atoms. The molecule has 5 amide bonds. The second-order valence-corrected chi connectivity index (χ2v) is 10.5. The summed E-state index contributed by atoms with van der Waals surface area (Å²) in [5.74, 6) is -2.74. The van der Waals surface area contributed by atoms with Crippen LogP contribution in [0.25, 0.3) is 0 Å². The Morgan fingerprint density at radius 1 is 1.05 bits per heavy atom. The number of piperidine rings is 2. The molecular formula is C28H29FN4O5. The number of amides is 5. The van der Waals surface area contributed by atoms with Gasteiger partial charge >= 0.3 is 0 Å². The number of carbonyl (C=O) groups excluding carboxylic acids is 5. The number of nitrogens with zero attached hydrogens (tertiary/aromatic N) is 2. The van der Waals surface area contributed by atoms with Gasteiger partial charge < -0.3 is 10.2 Å². The first-order valence-electron chi connectivity index (χ1n) is 12.8. The van der Waals surface area contributed by atoms with Crippen molar-refractivity contribution in [2.45, 2.75) is 45.1 Å². The Balaban J connectivity index is 1.24. The summed E-state index contributed by atoms with van der Waals surface area (Å²) in [7, 11) is 0. The van der Waals surface area contributed by atoms with Crippen LogP contribution in [-0.2, 0) is 20.8 Å². The number of rotatable bonds is 6. The van der Waals surface area contributed by atoms with Gasteiger partial charge in [0.25, 0.3) is 11.8 Å². The quantitative estimate of drug-likeness (QED) is 0.565. The fraction of sp³-hybridized carbons (Fsp3) is 0.393. The molecule has 0 spiro atoms. The molecule has 9 nitrogen and oxygen atoms in total. The zero-order chi connectivity index (χ0) is 27.0. The van der Waals surface area contributed by atoms with Crippen molar-refractivity contribution in [3.8, 4) is 0 Å². The summed E-state index contributed by atoms with van der Waals surface area (Å²) in [4.78, 5) is 65.9. The number of benzene rings is 2. The molecule has 0 bridgehead atoms. The molecule has 2 saturated heterocycles. The van der Waals surface area contributed by atoms with Crippen molar-refractivity contribution in [2.24, 2.45) is 5.41 Å². The highest BCUT2D eigenvalue weighted by Crippen LogP contribution is 2.38. The van der Waals surface area contributed by atoms with Gasteiger partial charge in [0, 0.05) is 26.1 Å². The van der Waals surface area contributed by atoms with Gasteiger partial charge in [-0.1, -0.05) is 31.2 Å². The molecule has 3 aliphatic rings. The third kappa shape index (κ3) is 4.78. The first-order chi connectivity index (χ1) is 18.2. The first-order valence-corrected chi connectivity index (χ1v) is 12.8. The van der Waals surface area contributed by atoms with Crippen LogP contribution in [0.3, 0.4) is 0 Å². The number of anilines is 1. The Bertz CT molecular complexity index is 1330. The van der Waals surface area contributed by atoms with Gasteiger partial charge in [0.2, 0.25) is 17.7 Å². The molecule has 3 heterocycles. The molecular weight excluding hydrogens is 491 g/mol. The van der Waals surface area contributed by atoms with E-state index in [9.17, 15) is 28.4 Å². The Morgan fingerprint density at radius 3 is 2.50 bits per heavy atom. The van der Waals surface area contributed by atoms with Crippen molar-refractivity contribution in [3.63, 3.8) is 0 Å². The SMILES string of the molecule is CC1(CNC(=O)Cc2ccccc2F)CCN(c2cccc3c2C(=O)N(C2CCC(=O)NC2=O)C3=O)CC1. The highest BCUT2D eigenvalue weighted by Gasteiger charge is 2.46. The Hall–Kier alpha value is -4.08. The zero-order valence-corrected chi connectivity index (χ0v) is 21.1. The molecule has 5 rings (SSSR count). The molecule has 1 atom stereocenters. The molecule has 0 aliphatic carbocycles. The van der Waals surface area contributed by atoms with Crippen LogP contribution >= 0.6 is 0 Å². The minimum Gasteiger partial charge on any atom is -0.371 e. The summed E-state index contributed by atoms with van der Waals surface area (Å²) in [5.41, 5.74) is 1.35. The standard InChI is InChI=1S/C28H29FN4O5/c1-28(16-30-23(35)15-17-5-2-3-7-19(17)29)11-13-32(14-12-28)20-8-4-6-18-24(20)27(38)33(26(18)37)21-9-10-22(34)31-25(21)36/h2-8,21H,9-16H2,1H3,(H,30,35)(H,31,34,36). The number of hydrogen-bond acceptors (Lipinski definition) is 6. The van der Waals surface area contributed by atoms with E-state index < -0.39 is 35.5 Å². The van der Waals surface area contributed by atoms with Crippen LogP contribution < -0.4 is 15.5 Å². The van der Waals surface area contributed by atoms with Gasteiger partial charge in [-0.15, -0.1) is 0 Å². The van der Waals surface area contributed by atoms with Gasteiger partial charge in [-0.05, 0) is 48.4 Å². The predicted octanol–water partition coefficient (Wildman–Crippen LogP) is 2.19. The van der Waals surface area contributed by atoms with E-state index in [2.05, 4.69) is 22.5 Å². The topological polar surface area (TPSA) is 116 Å². The van der Waals surface area contributed by atoms with E-state index in [1.54, 1.807) is 36.4 Å². The second kappa shape index (κ2) is 10.00. The number of carbonyl (C=O) groups is 5. The van der Waals surface area contributed by atoms with Gasteiger partial charge in [-0.2, -0.15) is 0 Å². The molecule has 2 fully saturated rings. The lowest BCUT2D eigenvalue weighted by Gasteiger charge is -2.41. The van der Waals surface area contributed by atoms with Gasteiger partial charge in [0.15, 0.2) is 0 Å². The lowest BCUT2D eigenvalue weighted by atomic mass is 9.80. The number of fused-ring (bicyclic) bond motifs is 1. The smallest absolute Gasteiger partial charge is 0.264 e. The second-order valence-electron chi connectivity index (χ2n) is 10.5. The molecule has 0 radical (unpaired) electrons. The van der Waals surface area contributed by atoms with Crippen LogP contribution in [0.4, 0.5) is 10.1 Å². The maximum Gasteiger partial charge on any atom is 0.264 e. The molecule has 1 unspecified atom stereocenters. The van der Waals surface area contributed by atoms with Crippen molar-refractivity contribution < 1.29 is 28.4 Å². The molecule has 0 saturated carbocycles. The fourth-order valence-electron chi connectivity index (χ4n) is 5.41. The zero-order valence-electron chi connectivity index (χ0n) is 21.1. The van der Waals surface area contributed by atoms with E-state index in [4.69, 9.17) is 0 Å². The summed E-state index contributed by atoms with van der Waals surface area (Å²) >= 11 is 0. The molecule has 10 heteroatoms. The van der Waals surface area contributed by atoms with Gasteiger partial charge in [0.1, 0.15) is 11.9 Å². The molecule has 198 valence electrons. The maximum absolute atomic E-state index is 13.9. The summed E-state index contributed by atoms with van der Waals surface area (Å²) in [5, 5.41) is 5.15. The fourth-order valence-corrected chi connectivity index (χ4v) is 5.41. The predicted molar refractivity (Wildman–Crippen MR) is 136 cm³/mol. The van der Waals surface area contributed by atoms with Gasteiger partial charge in [-0.3, -0.25) is 34.2 Å². The highest BCUT2D eigenvalue weighted by molar-refractivity contribution is 6.25. The van der Waals surface area contributed by atoms with E-state index in [-0.39, 0.29) is 41.7 Å². The average Bonchev–Trinajstić information content (AvgIpc) is 3.15. The van der Waals surface area contributed by atoms with Gasteiger partial charge in [-0.25, -0.2) is 4.39 Å². The maximum atomic E-state index is 13.9. The summed E-state index contributed by atoms with van der Waals surface area (Å²) < 4.78 is 13.9. The normalized spacial score (nSPS) is 20.8. The van der Waals surface area contributed by atoms with Crippen molar-refractivity contribution in [1.29, 1.82) is 0 Å². The van der Waals surface area contributed by atoms with Crippen LogP contribution in [0.2, 0.25) is 0 Å². The van der Waals surface area contributed by atoms with Crippen LogP contribution in [0.15, 0.2) is 42.5 Å². The van der Waals surface area contributed by atoms with E-state index >= 15 is 0 Å². The Labute approximate surface area is 219 Å². The number of halogens is 1. The Morgan fingerprint density at radius 2 is 1.79 bits per heavy atom. The van der Waals surface area contributed by atoms with Crippen molar-refractivity contribution in [2.75, 3.05) is 24.5 Å². The highest BCUT2D eigenvalue weighted by atomic mass is 19.1. The first kappa shape index (κ1) is 25.6. The third-order valence-corrected chi connectivity index (χ3v) is 7.78. The molecule has 2 aromatic carbocycles. The van der Waals surface area contributed by atoms with Crippen molar-refractivity contribution in [1.82, 2.24) is 15.5 Å². The summed E-state index contributed by atoms with van der Waals surface area (Å²) in [6.07, 6.45) is 1.62. The van der Waals surface area contributed by atoms with E-state index in [0.29, 0.717) is 30.9 Å². The molecule has 0 aromatic heterocycles. The van der Waals surface area contributed by atoms with Crippen LogP contribution in [0, 0.1) is 11.2 Å². The van der Waals surface area contributed by atoms with E-state index in [1.165, 1.54) is 6.07 Å². The minimum atomic E-state index is -1.01. The van der Waals surface area contributed by atoms with E-state index in [1.807, 2.05) is 0 Å². The van der Waals surface area contributed by atoms with Crippen molar-refractivity contribution >= 4 is 35.2 Å². The lowest BCUT2D eigenvalue weighted by molar-refractivity contribution is -0.136. The van der Waals surface area contributed by atoms with Crippen LogP contribution in [-0.4, -0.2) is 60.1 Å². The average molecular weight is 521 g/mol. The third-order valence-electron chi connectivity index (χ3n) is 7.78. The van der Waals surface area contributed by atoms with Crippen LogP contribution in [0.5, 0.6) is 0 Å². The molecule has 2 N–H and O–H groups in total. The van der Waals surface area contributed by atoms with E-state index in [0.717, 1.165) is 17.7 Å². The summed E-state index contributed by atoms with van der Waals surface area (Å²) in [6, 6.07) is 10.3.